The highest BCUT2D eigenvalue weighted by atomic mass is 35.5. The molecule has 2 heterocycles. The summed E-state index contributed by atoms with van der Waals surface area (Å²) in [6.07, 6.45) is 4.63. The van der Waals surface area contributed by atoms with Gasteiger partial charge in [-0.25, -0.2) is 12.7 Å². The van der Waals surface area contributed by atoms with Crippen LogP contribution in [0.15, 0.2) is 18.2 Å². The molecule has 2 aliphatic heterocycles. The van der Waals surface area contributed by atoms with Gasteiger partial charge in [0, 0.05) is 37.8 Å². The Kier molecular flexibility index (Phi) is 5.55. The van der Waals surface area contributed by atoms with Crippen LogP contribution in [0.2, 0.25) is 5.02 Å². The third-order valence-electron chi connectivity index (χ3n) is 4.97. The Hall–Kier alpha value is -1.31. The highest BCUT2D eigenvalue weighted by Gasteiger charge is 2.29. The van der Waals surface area contributed by atoms with Gasteiger partial charge in [-0.3, -0.25) is 4.79 Å². The third kappa shape index (κ3) is 4.46. The Morgan fingerprint density at radius 1 is 1.16 bits per heavy atom. The first kappa shape index (κ1) is 18.5. The molecule has 0 atom stereocenters. The van der Waals surface area contributed by atoms with E-state index in [1.165, 1.54) is 23.4 Å². The zero-order chi connectivity index (χ0) is 18.0. The molecule has 0 bridgehead atoms. The number of anilines is 2. The van der Waals surface area contributed by atoms with Crippen LogP contribution in [0.3, 0.4) is 0 Å². The van der Waals surface area contributed by atoms with E-state index < -0.39 is 10.0 Å². The second-order valence-corrected chi connectivity index (χ2v) is 9.17. The molecule has 3 rings (SSSR count). The summed E-state index contributed by atoms with van der Waals surface area (Å²) in [6, 6.07) is 5.72. The van der Waals surface area contributed by atoms with Crippen molar-refractivity contribution in [3.8, 4) is 0 Å². The van der Waals surface area contributed by atoms with Crippen LogP contribution >= 0.6 is 11.6 Å². The first-order chi connectivity index (χ1) is 11.8. The standard InChI is InChI=1S/C17H24ClN3O3S/c1-25(23,24)21-10-6-13(7-11-21)17(22)19-16-12-14(4-5-15(16)18)20-8-2-3-9-20/h4-5,12-13H,2-3,6-11H2,1H3,(H,19,22). The van der Waals surface area contributed by atoms with E-state index in [-0.39, 0.29) is 11.8 Å². The number of halogens is 1. The van der Waals surface area contributed by atoms with E-state index in [1.807, 2.05) is 18.2 Å². The van der Waals surface area contributed by atoms with Crippen LogP contribution in [0.4, 0.5) is 11.4 Å². The largest absolute Gasteiger partial charge is 0.371 e. The minimum absolute atomic E-state index is 0.0892. The lowest BCUT2D eigenvalue weighted by atomic mass is 9.97. The summed E-state index contributed by atoms with van der Waals surface area (Å²) in [5.74, 6) is -0.280. The number of piperidine rings is 1. The summed E-state index contributed by atoms with van der Waals surface area (Å²) in [5.41, 5.74) is 1.70. The number of hydrogen-bond acceptors (Lipinski definition) is 4. The Bertz CT molecular complexity index is 740. The normalized spacial score (nSPS) is 20.0. The molecule has 6 nitrogen and oxygen atoms in total. The molecule has 0 aromatic heterocycles. The number of benzene rings is 1. The Morgan fingerprint density at radius 3 is 2.40 bits per heavy atom. The molecule has 2 fully saturated rings. The van der Waals surface area contributed by atoms with Crippen molar-refractivity contribution >= 4 is 38.9 Å². The number of hydrogen-bond donors (Lipinski definition) is 1. The first-order valence-electron chi connectivity index (χ1n) is 8.65. The maximum Gasteiger partial charge on any atom is 0.227 e. The Morgan fingerprint density at radius 2 is 1.80 bits per heavy atom. The van der Waals surface area contributed by atoms with Crippen LogP contribution in [-0.4, -0.2) is 51.1 Å². The Balaban J connectivity index is 1.64. The molecule has 0 saturated carbocycles. The second-order valence-electron chi connectivity index (χ2n) is 6.78. The van der Waals surface area contributed by atoms with Gasteiger partial charge in [0.2, 0.25) is 15.9 Å². The van der Waals surface area contributed by atoms with Gasteiger partial charge < -0.3 is 10.2 Å². The SMILES string of the molecule is CS(=O)(=O)N1CCC(C(=O)Nc2cc(N3CCCC3)ccc2Cl)CC1. The van der Waals surface area contributed by atoms with Gasteiger partial charge in [-0.1, -0.05) is 11.6 Å². The predicted octanol–water partition coefficient (Wildman–Crippen LogP) is 2.55. The number of carbonyl (C=O) groups excluding carboxylic acids is 1. The second kappa shape index (κ2) is 7.51. The maximum absolute atomic E-state index is 12.6. The van der Waals surface area contributed by atoms with E-state index in [4.69, 9.17) is 11.6 Å². The molecule has 0 unspecified atom stereocenters. The van der Waals surface area contributed by atoms with Gasteiger partial charge in [0.1, 0.15) is 0 Å². The zero-order valence-corrected chi connectivity index (χ0v) is 15.9. The minimum Gasteiger partial charge on any atom is -0.371 e. The van der Waals surface area contributed by atoms with Crippen molar-refractivity contribution in [3.63, 3.8) is 0 Å². The minimum atomic E-state index is -3.18. The van der Waals surface area contributed by atoms with E-state index in [0.717, 1.165) is 18.8 Å². The molecular weight excluding hydrogens is 362 g/mol. The smallest absolute Gasteiger partial charge is 0.227 e. The lowest BCUT2D eigenvalue weighted by Crippen LogP contribution is -2.40. The first-order valence-corrected chi connectivity index (χ1v) is 10.9. The lowest BCUT2D eigenvalue weighted by Gasteiger charge is -2.29. The van der Waals surface area contributed by atoms with Crippen molar-refractivity contribution in [2.24, 2.45) is 5.92 Å². The topological polar surface area (TPSA) is 69.7 Å². The van der Waals surface area contributed by atoms with Crippen LogP contribution < -0.4 is 10.2 Å². The van der Waals surface area contributed by atoms with Crippen LogP contribution in [0.1, 0.15) is 25.7 Å². The number of nitrogens with zero attached hydrogens (tertiary/aromatic N) is 2. The van der Waals surface area contributed by atoms with Gasteiger partial charge in [-0.05, 0) is 43.9 Å². The van der Waals surface area contributed by atoms with Crippen molar-refractivity contribution < 1.29 is 13.2 Å². The fourth-order valence-electron chi connectivity index (χ4n) is 3.47. The van der Waals surface area contributed by atoms with E-state index in [0.29, 0.717) is 36.6 Å². The molecule has 2 saturated heterocycles. The third-order valence-corrected chi connectivity index (χ3v) is 6.61. The summed E-state index contributed by atoms with van der Waals surface area (Å²) in [5, 5.41) is 3.45. The van der Waals surface area contributed by atoms with Gasteiger partial charge in [-0.15, -0.1) is 0 Å². The molecule has 2 aliphatic rings. The number of carbonyl (C=O) groups is 1. The quantitative estimate of drug-likeness (QED) is 0.864. The molecular formula is C17H24ClN3O3S. The summed E-state index contributed by atoms with van der Waals surface area (Å²) in [7, 11) is -3.18. The molecule has 0 radical (unpaired) electrons. The number of amides is 1. The van der Waals surface area contributed by atoms with Crippen LogP contribution in [0.25, 0.3) is 0 Å². The molecule has 0 aliphatic carbocycles. The van der Waals surface area contributed by atoms with Crippen molar-refractivity contribution in [1.82, 2.24) is 4.31 Å². The van der Waals surface area contributed by atoms with Gasteiger partial charge in [0.05, 0.1) is 17.0 Å². The average Bonchev–Trinajstić information content (AvgIpc) is 3.10. The summed E-state index contributed by atoms with van der Waals surface area (Å²) in [6.45, 7) is 2.83. The molecule has 1 N–H and O–H groups in total. The highest BCUT2D eigenvalue weighted by molar-refractivity contribution is 7.88. The van der Waals surface area contributed by atoms with E-state index in [9.17, 15) is 13.2 Å². The van der Waals surface area contributed by atoms with Gasteiger partial charge >= 0.3 is 0 Å². The number of sulfonamides is 1. The van der Waals surface area contributed by atoms with E-state index >= 15 is 0 Å². The fraction of sp³-hybridized carbons (Fsp3) is 0.588. The van der Waals surface area contributed by atoms with Crippen LogP contribution in [0.5, 0.6) is 0 Å². The van der Waals surface area contributed by atoms with Crippen LogP contribution in [-0.2, 0) is 14.8 Å². The molecule has 1 aromatic rings. The monoisotopic (exact) mass is 385 g/mol. The average molecular weight is 386 g/mol. The molecule has 138 valence electrons. The van der Waals surface area contributed by atoms with Crippen LogP contribution in [0, 0.1) is 5.92 Å². The van der Waals surface area contributed by atoms with Crippen molar-refractivity contribution in [1.29, 1.82) is 0 Å². The maximum atomic E-state index is 12.6. The Labute approximate surface area is 154 Å². The van der Waals surface area contributed by atoms with Crippen molar-refractivity contribution in [2.75, 3.05) is 42.7 Å². The van der Waals surface area contributed by atoms with E-state index in [1.54, 1.807) is 0 Å². The number of rotatable bonds is 4. The lowest BCUT2D eigenvalue weighted by molar-refractivity contribution is -0.120. The van der Waals surface area contributed by atoms with Gasteiger partial charge in [0.15, 0.2) is 0 Å². The zero-order valence-electron chi connectivity index (χ0n) is 14.4. The fourth-order valence-corrected chi connectivity index (χ4v) is 4.50. The summed E-state index contributed by atoms with van der Waals surface area (Å²) < 4.78 is 24.6. The molecule has 1 aromatic carbocycles. The van der Waals surface area contributed by atoms with Crippen molar-refractivity contribution in [3.05, 3.63) is 23.2 Å². The molecule has 1 amide bonds. The van der Waals surface area contributed by atoms with E-state index in [2.05, 4.69) is 10.2 Å². The van der Waals surface area contributed by atoms with Gasteiger partial charge in [-0.2, -0.15) is 0 Å². The molecule has 8 heteroatoms. The summed E-state index contributed by atoms with van der Waals surface area (Å²) in [4.78, 5) is 14.8. The molecule has 0 spiro atoms. The molecule has 25 heavy (non-hydrogen) atoms. The number of nitrogens with one attached hydrogen (secondary N) is 1. The summed E-state index contributed by atoms with van der Waals surface area (Å²) >= 11 is 6.25. The van der Waals surface area contributed by atoms with Gasteiger partial charge in [0.25, 0.3) is 0 Å². The predicted molar refractivity (Wildman–Crippen MR) is 101 cm³/mol. The van der Waals surface area contributed by atoms with Crippen molar-refractivity contribution in [2.45, 2.75) is 25.7 Å². The highest BCUT2D eigenvalue weighted by Crippen LogP contribution is 2.30.